The fourth-order valence-electron chi connectivity index (χ4n) is 2.63. The fraction of sp³-hybridized carbons (Fsp3) is 0.263. The molecule has 0 N–H and O–H groups in total. The average Bonchev–Trinajstić information content (AvgIpc) is 2.58. The molecule has 1 unspecified atom stereocenters. The van der Waals surface area contributed by atoms with Crippen LogP contribution in [0.3, 0.4) is 0 Å². The number of ether oxygens (including phenoxy) is 2. The molecule has 0 amide bonds. The normalized spacial score (nSPS) is 13.3. The van der Waals surface area contributed by atoms with Gasteiger partial charge in [0.15, 0.2) is 5.78 Å². The number of hydrogen-bond acceptors (Lipinski definition) is 4. The van der Waals surface area contributed by atoms with Crippen LogP contribution < -0.4 is 0 Å². The summed E-state index contributed by atoms with van der Waals surface area (Å²) >= 11 is 0. The van der Waals surface area contributed by atoms with Gasteiger partial charge in [-0.3, -0.25) is 9.59 Å². The molecule has 0 aliphatic carbocycles. The summed E-state index contributed by atoms with van der Waals surface area (Å²) in [6.45, 7) is -0.191. The topological polar surface area (TPSA) is 52.6 Å². The molecule has 0 radical (unpaired) electrons. The van der Waals surface area contributed by atoms with Crippen LogP contribution >= 0.6 is 0 Å². The van der Waals surface area contributed by atoms with Gasteiger partial charge < -0.3 is 9.47 Å². The van der Waals surface area contributed by atoms with Gasteiger partial charge in [0.05, 0.1) is 0 Å². The Labute approximate surface area is 136 Å². The summed E-state index contributed by atoms with van der Waals surface area (Å²) in [5.41, 5.74) is -0.293. The first-order valence-corrected chi connectivity index (χ1v) is 7.35. The number of benzene rings is 2. The standard InChI is InChI=1S/C19H20O4/c1-22-14-18(21)19(23-2,16-11-7-4-8-12-16)17(20)13-15-9-5-3-6-10-15/h3-12H,13-14H2,1-2H3. The van der Waals surface area contributed by atoms with Crippen molar-refractivity contribution in [1.29, 1.82) is 0 Å². The van der Waals surface area contributed by atoms with Crippen molar-refractivity contribution in [2.75, 3.05) is 20.8 Å². The van der Waals surface area contributed by atoms with E-state index in [1.54, 1.807) is 24.3 Å². The molecule has 0 aliphatic rings. The second-order valence-electron chi connectivity index (χ2n) is 5.19. The van der Waals surface area contributed by atoms with E-state index in [1.165, 1.54) is 14.2 Å². The molecule has 2 aromatic carbocycles. The number of Topliss-reactive ketones (excluding diaryl/α,β-unsaturated/α-hetero) is 2. The van der Waals surface area contributed by atoms with E-state index in [0.29, 0.717) is 5.56 Å². The van der Waals surface area contributed by atoms with Gasteiger partial charge in [0, 0.05) is 20.6 Å². The fourth-order valence-corrected chi connectivity index (χ4v) is 2.63. The Hall–Kier alpha value is -2.30. The van der Waals surface area contributed by atoms with Gasteiger partial charge >= 0.3 is 0 Å². The summed E-state index contributed by atoms with van der Waals surface area (Å²) in [6.07, 6.45) is 0.110. The average molecular weight is 312 g/mol. The Morgan fingerprint density at radius 2 is 1.43 bits per heavy atom. The quantitative estimate of drug-likeness (QED) is 0.703. The molecule has 2 aromatic rings. The van der Waals surface area contributed by atoms with Crippen molar-refractivity contribution in [2.24, 2.45) is 0 Å². The Balaban J connectivity index is 2.44. The first-order chi connectivity index (χ1) is 11.1. The summed E-state index contributed by atoms with van der Waals surface area (Å²) < 4.78 is 10.4. The van der Waals surface area contributed by atoms with E-state index in [-0.39, 0.29) is 18.8 Å². The molecule has 0 bridgehead atoms. The van der Waals surface area contributed by atoms with Gasteiger partial charge in [0.25, 0.3) is 0 Å². The van der Waals surface area contributed by atoms with Gasteiger partial charge in [0.2, 0.25) is 11.4 Å². The number of hydrogen-bond donors (Lipinski definition) is 0. The molecule has 0 saturated heterocycles. The Kier molecular flexibility index (Phi) is 5.79. The molecule has 4 heteroatoms. The summed E-state index contributed by atoms with van der Waals surface area (Å²) in [7, 11) is 2.80. The van der Waals surface area contributed by atoms with E-state index in [4.69, 9.17) is 9.47 Å². The Bertz CT molecular complexity index is 652. The highest BCUT2D eigenvalue weighted by molar-refractivity contribution is 6.12. The monoisotopic (exact) mass is 312 g/mol. The Morgan fingerprint density at radius 1 is 0.870 bits per heavy atom. The van der Waals surface area contributed by atoms with Gasteiger partial charge in [-0.25, -0.2) is 0 Å². The molecule has 0 aromatic heterocycles. The van der Waals surface area contributed by atoms with Crippen molar-refractivity contribution >= 4 is 11.6 Å². The summed E-state index contributed by atoms with van der Waals surface area (Å²) in [4.78, 5) is 25.6. The Morgan fingerprint density at radius 3 is 1.96 bits per heavy atom. The van der Waals surface area contributed by atoms with Crippen LogP contribution in [0.25, 0.3) is 0 Å². The molecule has 1 atom stereocenters. The third kappa shape index (κ3) is 3.55. The van der Waals surface area contributed by atoms with E-state index < -0.39 is 11.4 Å². The minimum atomic E-state index is -1.65. The molecular weight excluding hydrogens is 292 g/mol. The molecule has 0 aliphatic heterocycles. The zero-order valence-electron chi connectivity index (χ0n) is 13.3. The van der Waals surface area contributed by atoms with Crippen LogP contribution in [-0.2, 0) is 31.1 Å². The first-order valence-electron chi connectivity index (χ1n) is 7.35. The second-order valence-corrected chi connectivity index (χ2v) is 5.19. The van der Waals surface area contributed by atoms with E-state index in [2.05, 4.69) is 0 Å². The predicted octanol–water partition coefficient (Wildman–Crippen LogP) is 2.56. The van der Waals surface area contributed by atoms with Gasteiger partial charge in [-0.15, -0.1) is 0 Å². The van der Waals surface area contributed by atoms with Gasteiger partial charge in [-0.1, -0.05) is 60.7 Å². The second kappa shape index (κ2) is 7.81. The van der Waals surface area contributed by atoms with Crippen LogP contribution in [0.2, 0.25) is 0 Å². The van der Waals surface area contributed by atoms with Crippen LogP contribution in [0.15, 0.2) is 60.7 Å². The highest BCUT2D eigenvalue weighted by Crippen LogP contribution is 2.29. The number of carbonyl (C=O) groups is 2. The van der Waals surface area contributed by atoms with Gasteiger partial charge in [-0.05, 0) is 11.1 Å². The van der Waals surface area contributed by atoms with Crippen LogP contribution in [0, 0.1) is 0 Å². The van der Waals surface area contributed by atoms with E-state index in [1.807, 2.05) is 36.4 Å². The van der Waals surface area contributed by atoms with Crippen LogP contribution in [0.1, 0.15) is 11.1 Å². The van der Waals surface area contributed by atoms with Crippen molar-refractivity contribution in [2.45, 2.75) is 12.0 Å². The number of ketones is 2. The molecule has 0 fully saturated rings. The highest BCUT2D eigenvalue weighted by atomic mass is 16.5. The maximum absolute atomic E-state index is 13.0. The molecule has 23 heavy (non-hydrogen) atoms. The molecule has 4 nitrogen and oxygen atoms in total. The van der Waals surface area contributed by atoms with Crippen LogP contribution in [-0.4, -0.2) is 32.4 Å². The largest absolute Gasteiger partial charge is 0.377 e. The molecule has 2 rings (SSSR count). The van der Waals surface area contributed by atoms with Gasteiger partial charge in [0.1, 0.15) is 6.61 Å². The van der Waals surface area contributed by atoms with Crippen molar-refractivity contribution in [1.82, 2.24) is 0 Å². The lowest BCUT2D eigenvalue weighted by Gasteiger charge is -2.30. The van der Waals surface area contributed by atoms with Crippen LogP contribution in [0.4, 0.5) is 0 Å². The minimum absolute atomic E-state index is 0.110. The van der Waals surface area contributed by atoms with Crippen LogP contribution in [0.5, 0.6) is 0 Å². The third-order valence-electron chi connectivity index (χ3n) is 3.75. The number of rotatable bonds is 8. The zero-order valence-corrected chi connectivity index (χ0v) is 13.3. The van der Waals surface area contributed by atoms with Crippen molar-refractivity contribution in [3.63, 3.8) is 0 Å². The molecular formula is C19H20O4. The third-order valence-corrected chi connectivity index (χ3v) is 3.75. The summed E-state index contributed by atoms with van der Waals surface area (Å²) in [5, 5.41) is 0. The predicted molar refractivity (Wildman–Crippen MR) is 87.2 cm³/mol. The van der Waals surface area contributed by atoms with Crippen molar-refractivity contribution in [3.05, 3.63) is 71.8 Å². The van der Waals surface area contributed by atoms with E-state index in [9.17, 15) is 9.59 Å². The van der Waals surface area contributed by atoms with Gasteiger partial charge in [-0.2, -0.15) is 0 Å². The lowest BCUT2D eigenvalue weighted by Crippen LogP contribution is -2.48. The maximum Gasteiger partial charge on any atom is 0.212 e. The maximum atomic E-state index is 13.0. The van der Waals surface area contributed by atoms with Crippen molar-refractivity contribution in [3.8, 4) is 0 Å². The minimum Gasteiger partial charge on any atom is -0.377 e. The number of carbonyl (C=O) groups excluding carboxylic acids is 2. The molecule has 120 valence electrons. The van der Waals surface area contributed by atoms with E-state index >= 15 is 0 Å². The van der Waals surface area contributed by atoms with Crippen molar-refractivity contribution < 1.29 is 19.1 Å². The number of methoxy groups -OCH3 is 2. The molecule has 0 saturated carbocycles. The smallest absolute Gasteiger partial charge is 0.212 e. The zero-order chi connectivity index (χ0) is 16.7. The SMILES string of the molecule is COCC(=O)C(OC)(C(=O)Cc1ccccc1)c1ccccc1. The summed E-state index contributed by atoms with van der Waals surface area (Å²) in [6, 6.07) is 18.1. The highest BCUT2D eigenvalue weighted by Gasteiger charge is 2.46. The summed E-state index contributed by atoms with van der Waals surface area (Å²) in [5.74, 6) is -0.714. The molecule has 0 heterocycles. The lowest BCUT2D eigenvalue weighted by molar-refractivity contribution is -0.158. The lowest BCUT2D eigenvalue weighted by atomic mass is 9.82. The molecule has 0 spiro atoms. The first kappa shape index (κ1) is 17.1. The van der Waals surface area contributed by atoms with E-state index in [0.717, 1.165) is 5.56 Å².